The Bertz CT molecular complexity index is 740. The van der Waals surface area contributed by atoms with Gasteiger partial charge in [0.1, 0.15) is 10.5 Å². The highest BCUT2D eigenvalue weighted by atomic mass is 127. The molecule has 156 valence electrons. The van der Waals surface area contributed by atoms with Crippen LogP contribution in [0.2, 0.25) is 0 Å². The molecule has 28 heavy (non-hydrogen) atoms. The van der Waals surface area contributed by atoms with Crippen molar-refractivity contribution in [2.75, 3.05) is 19.6 Å². The predicted molar refractivity (Wildman–Crippen MR) is 121 cm³/mol. The molecule has 1 aromatic heterocycles. The molecule has 2 aliphatic heterocycles. The maximum Gasteiger partial charge on any atom is 0.322 e. The van der Waals surface area contributed by atoms with Crippen LogP contribution in [-0.4, -0.2) is 53.0 Å². The lowest BCUT2D eigenvalue weighted by molar-refractivity contribution is -0.125. The van der Waals surface area contributed by atoms with Crippen LogP contribution in [0.4, 0.5) is 4.79 Å². The maximum atomic E-state index is 12.2. The normalized spacial score (nSPS) is 23.3. The predicted octanol–water partition coefficient (Wildman–Crippen LogP) is 2.15. The number of carbonyl (C=O) groups is 2. The van der Waals surface area contributed by atoms with Gasteiger partial charge < -0.3 is 15.5 Å². The number of halogens is 1. The van der Waals surface area contributed by atoms with Gasteiger partial charge in [-0.2, -0.15) is 0 Å². The number of rotatable bonds is 4. The standard InChI is InChI=1S/C18H28N6O2S.HI/c1-5-19-16(20-10-14-21-11(2)12(3)27-14)24-8-6-13(7-9-24)18(4)15(25)22-17(26)23-18;/h13H,5-10H2,1-4H3,(H,19,20)(H2,22,23,25,26);1H. The van der Waals surface area contributed by atoms with Gasteiger partial charge in [0.15, 0.2) is 5.96 Å². The summed E-state index contributed by atoms with van der Waals surface area (Å²) in [5, 5.41) is 9.54. The number of nitrogens with zero attached hydrogens (tertiary/aromatic N) is 3. The van der Waals surface area contributed by atoms with Gasteiger partial charge in [0.2, 0.25) is 0 Å². The Labute approximate surface area is 187 Å². The first-order chi connectivity index (χ1) is 12.8. The first-order valence-electron chi connectivity index (χ1n) is 9.43. The molecular weight excluding hydrogens is 491 g/mol. The lowest BCUT2D eigenvalue weighted by atomic mass is 9.79. The maximum absolute atomic E-state index is 12.2. The van der Waals surface area contributed by atoms with Gasteiger partial charge in [-0.25, -0.2) is 14.8 Å². The van der Waals surface area contributed by atoms with Crippen LogP contribution in [0.1, 0.15) is 42.3 Å². The number of thiazole rings is 1. The zero-order chi connectivity index (χ0) is 19.6. The minimum absolute atomic E-state index is 0. The van der Waals surface area contributed by atoms with Crippen LogP contribution in [0, 0.1) is 19.8 Å². The van der Waals surface area contributed by atoms with E-state index in [1.54, 1.807) is 11.3 Å². The molecule has 3 heterocycles. The number of aromatic nitrogens is 1. The monoisotopic (exact) mass is 520 g/mol. The third kappa shape index (κ3) is 4.76. The van der Waals surface area contributed by atoms with E-state index in [0.29, 0.717) is 6.54 Å². The molecule has 0 aliphatic carbocycles. The zero-order valence-corrected chi connectivity index (χ0v) is 19.9. The summed E-state index contributed by atoms with van der Waals surface area (Å²) >= 11 is 1.69. The van der Waals surface area contributed by atoms with Gasteiger partial charge in [-0.05, 0) is 46.5 Å². The fourth-order valence-electron chi connectivity index (χ4n) is 3.69. The summed E-state index contributed by atoms with van der Waals surface area (Å²) in [7, 11) is 0. The molecule has 0 bridgehead atoms. The van der Waals surface area contributed by atoms with Gasteiger partial charge in [-0.15, -0.1) is 35.3 Å². The van der Waals surface area contributed by atoms with E-state index in [1.165, 1.54) is 4.88 Å². The van der Waals surface area contributed by atoms with Gasteiger partial charge in [0, 0.05) is 24.5 Å². The van der Waals surface area contributed by atoms with Crippen molar-refractivity contribution in [3.05, 3.63) is 15.6 Å². The van der Waals surface area contributed by atoms with E-state index in [0.717, 1.165) is 49.1 Å². The molecule has 2 saturated heterocycles. The Balaban J connectivity index is 0.00000280. The van der Waals surface area contributed by atoms with Crippen molar-refractivity contribution in [1.29, 1.82) is 0 Å². The van der Waals surface area contributed by atoms with Crippen LogP contribution in [0.25, 0.3) is 0 Å². The summed E-state index contributed by atoms with van der Waals surface area (Å²) < 4.78 is 0. The number of hydrogen-bond acceptors (Lipinski definition) is 5. The average molecular weight is 520 g/mol. The molecule has 10 heteroatoms. The fraction of sp³-hybridized carbons (Fsp3) is 0.667. The number of aryl methyl sites for hydroxylation is 2. The number of nitrogens with one attached hydrogen (secondary N) is 3. The number of guanidine groups is 1. The molecule has 2 fully saturated rings. The topological polar surface area (TPSA) is 98.7 Å². The lowest BCUT2D eigenvalue weighted by Gasteiger charge is -2.39. The molecule has 0 saturated carbocycles. The first kappa shape index (κ1) is 22.9. The van der Waals surface area contributed by atoms with Crippen LogP contribution in [0.15, 0.2) is 4.99 Å². The van der Waals surface area contributed by atoms with Crippen molar-refractivity contribution < 1.29 is 9.59 Å². The molecule has 3 rings (SSSR count). The number of carbonyl (C=O) groups excluding carboxylic acids is 2. The minimum atomic E-state index is -0.811. The van der Waals surface area contributed by atoms with E-state index in [4.69, 9.17) is 4.99 Å². The summed E-state index contributed by atoms with van der Waals surface area (Å²) in [6, 6.07) is -0.395. The molecule has 8 nitrogen and oxygen atoms in total. The van der Waals surface area contributed by atoms with Crippen LogP contribution in [-0.2, 0) is 11.3 Å². The third-order valence-electron chi connectivity index (χ3n) is 5.45. The second kappa shape index (κ2) is 9.38. The number of likely N-dealkylation sites (tertiary alicyclic amines) is 1. The van der Waals surface area contributed by atoms with Gasteiger partial charge in [-0.1, -0.05) is 0 Å². The highest BCUT2D eigenvalue weighted by Crippen LogP contribution is 2.30. The van der Waals surface area contributed by atoms with E-state index in [2.05, 4.69) is 39.7 Å². The smallest absolute Gasteiger partial charge is 0.322 e. The summed E-state index contributed by atoms with van der Waals surface area (Å²) in [4.78, 5) is 36.5. The quantitative estimate of drug-likeness (QED) is 0.245. The molecule has 2 aliphatic rings. The lowest BCUT2D eigenvalue weighted by Crippen LogP contribution is -2.55. The van der Waals surface area contributed by atoms with Crippen LogP contribution >= 0.6 is 35.3 Å². The summed E-state index contributed by atoms with van der Waals surface area (Å²) in [5.41, 5.74) is 0.260. The van der Waals surface area contributed by atoms with Crippen molar-refractivity contribution >= 4 is 53.2 Å². The molecule has 1 aromatic rings. The van der Waals surface area contributed by atoms with Crippen LogP contribution in [0.5, 0.6) is 0 Å². The molecule has 3 N–H and O–H groups in total. The average Bonchev–Trinajstić information content (AvgIpc) is 3.09. The number of hydrogen-bond donors (Lipinski definition) is 3. The molecule has 1 unspecified atom stereocenters. The molecule has 3 amide bonds. The highest BCUT2D eigenvalue weighted by molar-refractivity contribution is 14.0. The largest absolute Gasteiger partial charge is 0.357 e. The van der Waals surface area contributed by atoms with Gasteiger partial charge in [-0.3, -0.25) is 10.1 Å². The summed E-state index contributed by atoms with van der Waals surface area (Å²) in [6.45, 7) is 10.9. The Kier molecular flexibility index (Phi) is 7.66. The SMILES string of the molecule is CCNC(=NCc1nc(C)c(C)s1)N1CCC(C2(C)NC(=O)NC2=O)CC1.I. The van der Waals surface area contributed by atoms with Crippen molar-refractivity contribution in [2.24, 2.45) is 10.9 Å². The van der Waals surface area contributed by atoms with Crippen LogP contribution < -0.4 is 16.0 Å². The molecule has 0 aromatic carbocycles. The molecular formula is C18H29IN6O2S. The number of imide groups is 1. The first-order valence-corrected chi connectivity index (χ1v) is 10.2. The van der Waals surface area contributed by atoms with Crippen molar-refractivity contribution in [3.8, 4) is 0 Å². The van der Waals surface area contributed by atoms with Crippen molar-refractivity contribution in [1.82, 2.24) is 25.8 Å². The minimum Gasteiger partial charge on any atom is -0.357 e. The second-order valence-corrected chi connectivity index (χ2v) is 8.58. The highest BCUT2D eigenvalue weighted by Gasteiger charge is 2.48. The molecule has 0 spiro atoms. The van der Waals surface area contributed by atoms with Crippen LogP contribution in [0.3, 0.4) is 0 Å². The number of amides is 3. The second-order valence-electron chi connectivity index (χ2n) is 7.29. The van der Waals surface area contributed by atoms with E-state index in [-0.39, 0.29) is 35.8 Å². The van der Waals surface area contributed by atoms with Crippen molar-refractivity contribution in [2.45, 2.75) is 52.6 Å². The summed E-state index contributed by atoms with van der Waals surface area (Å²) in [6.07, 6.45) is 1.65. The Morgan fingerprint density at radius 3 is 2.54 bits per heavy atom. The zero-order valence-electron chi connectivity index (χ0n) is 16.8. The Hall–Kier alpha value is -1.43. The number of urea groups is 1. The van der Waals surface area contributed by atoms with Gasteiger partial charge >= 0.3 is 6.03 Å². The molecule has 1 atom stereocenters. The Morgan fingerprint density at radius 1 is 1.36 bits per heavy atom. The van der Waals surface area contributed by atoms with Gasteiger partial charge in [0.05, 0.1) is 12.2 Å². The van der Waals surface area contributed by atoms with E-state index < -0.39 is 11.6 Å². The third-order valence-corrected chi connectivity index (χ3v) is 6.51. The fourth-order valence-corrected chi connectivity index (χ4v) is 4.55. The Morgan fingerprint density at radius 2 is 2.04 bits per heavy atom. The number of aliphatic imine (C=N–C) groups is 1. The van der Waals surface area contributed by atoms with E-state index in [9.17, 15) is 9.59 Å². The van der Waals surface area contributed by atoms with E-state index >= 15 is 0 Å². The summed E-state index contributed by atoms with van der Waals surface area (Å²) in [5.74, 6) is 0.778. The number of piperidine rings is 1. The van der Waals surface area contributed by atoms with E-state index in [1.807, 2.05) is 13.8 Å². The van der Waals surface area contributed by atoms with Crippen molar-refractivity contribution in [3.63, 3.8) is 0 Å². The molecule has 0 radical (unpaired) electrons. The van der Waals surface area contributed by atoms with Gasteiger partial charge in [0.25, 0.3) is 5.91 Å².